The van der Waals surface area contributed by atoms with Gasteiger partial charge in [-0.2, -0.15) is 15.4 Å². The van der Waals surface area contributed by atoms with E-state index in [0.29, 0.717) is 37.6 Å². The molecule has 1 aliphatic heterocycles. The van der Waals surface area contributed by atoms with Crippen molar-refractivity contribution < 1.29 is 14.3 Å². The van der Waals surface area contributed by atoms with E-state index >= 15 is 0 Å². The summed E-state index contributed by atoms with van der Waals surface area (Å²) in [5.74, 6) is 0. The van der Waals surface area contributed by atoms with Gasteiger partial charge < -0.3 is 20.1 Å². The summed E-state index contributed by atoms with van der Waals surface area (Å²) >= 11 is 0. The van der Waals surface area contributed by atoms with Gasteiger partial charge in [-0.15, -0.1) is 0 Å². The van der Waals surface area contributed by atoms with Crippen LogP contribution in [0.5, 0.6) is 0 Å². The molecular formula is C12H15N5O3. The molecule has 1 aliphatic rings. The molecule has 0 spiro atoms. The molecule has 8 nitrogen and oxygen atoms in total. The predicted molar refractivity (Wildman–Crippen MR) is 71.5 cm³/mol. The number of hydrogen-bond donors (Lipinski definition) is 3. The number of amides is 2. The first-order valence-corrected chi connectivity index (χ1v) is 6.36. The molecule has 1 saturated heterocycles. The number of anilines is 1. The smallest absolute Gasteiger partial charge is 0.319 e. The first-order valence-electron chi connectivity index (χ1n) is 6.36. The molecule has 1 atom stereocenters. The summed E-state index contributed by atoms with van der Waals surface area (Å²) in [5, 5.41) is 15.9. The van der Waals surface area contributed by atoms with Crippen LogP contribution in [-0.2, 0) is 9.47 Å². The van der Waals surface area contributed by atoms with E-state index in [0.717, 1.165) is 5.52 Å². The van der Waals surface area contributed by atoms with Gasteiger partial charge in [0, 0.05) is 12.2 Å². The molecule has 0 aliphatic carbocycles. The van der Waals surface area contributed by atoms with Crippen LogP contribution in [0, 0.1) is 0 Å². The molecule has 1 fully saturated rings. The van der Waals surface area contributed by atoms with Gasteiger partial charge in [0.25, 0.3) is 0 Å². The van der Waals surface area contributed by atoms with E-state index in [1.807, 2.05) is 0 Å². The number of carbonyl (C=O) groups is 1. The lowest BCUT2D eigenvalue weighted by molar-refractivity contribution is -0.0852. The maximum absolute atomic E-state index is 11.8. The van der Waals surface area contributed by atoms with E-state index in [2.05, 4.69) is 26.0 Å². The molecule has 0 radical (unpaired) electrons. The highest BCUT2D eigenvalue weighted by Gasteiger charge is 2.15. The fourth-order valence-corrected chi connectivity index (χ4v) is 1.95. The van der Waals surface area contributed by atoms with Crippen molar-refractivity contribution >= 4 is 22.8 Å². The zero-order valence-corrected chi connectivity index (χ0v) is 10.8. The van der Waals surface area contributed by atoms with Gasteiger partial charge in [-0.05, 0) is 18.2 Å². The van der Waals surface area contributed by atoms with Crippen LogP contribution in [0.1, 0.15) is 0 Å². The van der Waals surface area contributed by atoms with Crippen LogP contribution < -0.4 is 10.6 Å². The fraction of sp³-hybridized carbons (Fsp3) is 0.417. The van der Waals surface area contributed by atoms with Gasteiger partial charge in [-0.1, -0.05) is 0 Å². The second-order valence-electron chi connectivity index (χ2n) is 4.43. The summed E-state index contributed by atoms with van der Waals surface area (Å²) in [7, 11) is 0. The van der Waals surface area contributed by atoms with Crippen LogP contribution in [0.25, 0.3) is 11.0 Å². The molecule has 0 bridgehead atoms. The number of aromatic nitrogens is 3. The third-order valence-electron chi connectivity index (χ3n) is 2.95. The van der Waals surface area contributed by atoms with Crippen molar-refractivity contribution in [1.82, 2.24) is 20.7 Å². The van der Waals surface area contributed by atoms with Crippen LogP contribution in [0.15, 0.2) is 18.2 Å². The van der Waals surface area contributed by atoms with Crippen molar-refractivity contribution in [3.8, 4) is 0 Å². The lowest BCUT2D eigenvalue weighted by atomic mass is 10.3. The van der Waals surface area contributed by atoms with E-state index in [-0.39, 0.29) is 12.1 Å². The van der Waals surface area contributed by atoms with Gasteiger partial charge in [-0.25, -0.2) is 4.79 Å². The largest absolute Gasteiger partial charge is 0.376 e. The number of carbonyl (C=O) groups excluding carboxylic acids is 1. The first-order chi connectivity index (χ1) is 9.81. The molecule has 0 unspecified atom stereocenters. The Morgan fingerprint density at radius 1 is 1.35 bits per heavy atom. The minimum atomic E-state index is -0.290. The highest BCUT2D eigenvalue weighted by molar-refractivity contribution is 5.91. The number of benzene rings is 1. The van der Waals surface area contributed by atoms with E-state index in [1.54, 1.807) is 18.2 Å². The Morgan fingerprint density at radius 2 is 2.25 bits per heavy atom. The highest BCUT2D eigenvalue weighted by Crippen LogP contribution is 2.14. The molecule has 3 rings (SSSR count). The molecule has 3 N–H and O–H groups in total. The molecule has 1 aromatic heterocycles. The molecule has 8 heteroatoms. The van der Waals surface area contributed by atoms with Crippen LogP contribution >= 0.6 is 0 Å². The van der Waals surface area contributed by atoms with Crippen molar-refractivity contribution in [2.45, 2.75) is 6.10 Å². The second-order valence-corrected chi connectivity index (χ2v) is 4.43. The molecule has 20 heavy (non-hydrogen) atoms. The Labute approximate surface area is 114 Å². The molecule has 2 aromatic rings. The molecule has 2 heterocycles. The SMILES string of the molecule is O=C(NC[C@@H]1COCCO1)Nc1ccc2n[nH]nc2c1. The Hall–Kier alpha value is -2.19. The number of nitrogens with one attached hydrogen (secondary N) is 3. The monoisotopic (exact) mass is 277 g/mol. The fourth-order valence-electron chi connectivity index (χ4n) is 1.95. The summed E-state index contributed by atoms with van der Waals surface area (Å²) in [6, 6.07) is 5.01. The summed E-state index contributed by atoms with van der Waals surface area (Å²) in [5.41, 5.74) is 2.11. The zero-order valence-electron chi connectivity index (χ0n) is 10.8. The topological polar surface area (TPSA) is 101 Å². The van der Waals surface area contributed by atoms with Gasteiger partial charge >= 0.3 is 6.03 Å². The lowest BCUT2D eigenvalue weighted by Crippen LogP contribution is -2.41. The Balaban J connectivity index is 1.52. The minimum absolute atomic E-state index is 0.0903. The van der Waals surface area contributed by atoms with Crippen molar-refractivity contribution in [3.63, 3.8) is 0 Å². The standard InChI is InChI=1S/C12H15N5O3/c18-12(13-6-9-7-19-3-4-20-9)14-8-1-2-10-11(5-8)16-17-15-10/h1-2,5,9H,3-4,6-7H2,(H2,13,14,18)(H,15,16,17)/t9-/m1/s1. The van der Waals surface area contributed by atoms with E-state index < -0.39 is 0 Å². The third-order valence-corrected chi connectivity index (χ3v) is 2.95. The maximum atomic E-state index is 11.8. The summed E-state index contributed by atoms with van der Waals surface area (Å²) in [4.78, 5) is 11.8. The number of ether oxygens (including phenoxy) is 2. The Morgan fingerprint density at radius 3 is 3.10 bits per heavy atom. The number of hydrogen-bond acceptors (Lipinski definition) is 5. The van der Waals surface area contributed by atoms with Crippen LogP contribution in [0.4, 0.5) is 10.5 Å². The highest BCUT2D eigenvalue weighted by atomic mass is 16.6. The number of nitrogens with zero attached hydrogens (tertiary/aromatic N) is 2. The van der Waals surface area contributed by atoms with E-state index in [1.165, 1.54) is 0 Å². The number of urea groups is 1. The quantitative estimate of drug-likeness (QED) is 0.758. The van der Waals surface area contributed by atoms with E-state index in [9.17, 15) is 4.79 Å². The first kappa shape index (κ1) is 12.8. The Kier molecular flexibility index (Phi) is 3.75. The van der Waals surface area contributed by atoms with Crippen LogP contribution in [-0.4, -0.2) is 53.9 Å². The average molecular weight is 277 g/mol. The molecule has 0 saturated carbocycles. The number of aromatic amines is 1. The van der Waals surface area contributed by atoms with Crippen molar-refractivity contribution in [2.75, 3.05) is 31.7 Å². The Bertz CT molecular complexity index is 594. The van der Waals surface area contributed by atoms with Gasteiger partial charge in [-0.3, -0.25) is 0 Å². The lowest BCUT2D eigenvalue weighted by Gasteiger charge is -2.23. The van der Waals surface area contributed by atoms with Gasteiger partial charge in [0.05, 0.1) is 25.9 Å². The molecule has 1 aromatic carbocycles. The van der Waals surface area contributed by atoms with Gasteiger partial charge in [0.2, 0.25) is 0 Å². The van der Waals surface area contributed by atoms with Gasteiger partial charge in [0.15, 0.2) is 0 Å². The van der Waals surface area contributed by atoms with Gasteiger partial charge in [0.1, 0.15) is 11.0 Å². The predicted octanol–water partition coefficient (Wildman–Crippen LogP) is 0.495. The molecular weight excluding hydrogens is 262 g/mol. The maximum Gasteiger partial charge on any atom is 0.319 e. The normalized spacial score (nSPS) is 18.9. The average Bonchev–Trinajstić information content (AvgIpc) is 2.94. The third kappa shape index (κ3) is 3.03. The number of fused-ring (bicyclic) bond motifs is 1. The van der Waals surface area contributed by atoms with Crippen LogP contribution in [0.2, 0.25) is 0 Å². The summed E-state index contributed by atoms with van der Waals surface area (Å²) in [6.07, 6.45) is -0.0903. The zero-order chi connectivity index (χ0) is 13.8. The number of H-pyrrole nitrogens is 1. The van der Waals surface area contributed by atoms with Crippen LogP contribution in [0.3, 0.4) is 0 Å². The number of rotatable bonds is 3. The molecule has 106 valence electrons. The van der Waals surface area contributed by atoms with Crippen molar-refractivity contribution in [1.29, 1.82) is 0 Å². The molecule has 2 amide bonds. The van der Waals surface area contributed by atoms with Crippen molar-refractivity contribution in [2.24, 2.45) is 0 Å². The minimum Gasteiger partial charge on any atom is -0.376 e. The van der Waals surface area contributed by atoms with E-state index in [4.69, 9.17) is 9.47 Å². The summed E-state index contributed by atoms with van der Waals surface area (Å²) < 4.78 is 10.7. The second kappa shape index (κ2) is 5.85. The van der Waals surface area contributed by atoms with Crippen molar-refractivity contribution in [3.05, 3.63) is 18.2 Å². The summed E-state index contributed by atoms with van der Waals surface area (Å²) in [6.45, 7) is 2.10.